The molecule has 12 heteroatoms. The molecule has 0 spiro atoms. The van der Waals surface area contributed by atoms with Gasteiger partial charge in [0.2, 0.25) is 5.75 Å². The topological polar surface area (TPSA) is 126 Å². The van der Waals surface area contributed by atoms with E-state index in [2.05, 4.69) is 10.2 Å². The molecule has 0 unspecified atom stereocenters. The van der Waals surface area contributed by atoms with Gasteiger partial charge in [-0.15, -0.1) is 21.9 Å². The summed E-state index contributed by atoms with van der Waals surface area (Å²) in [5.74, 6) is -0.282. The lowest BCUT2D eigenvalue weighted by Gasteiger charge is -2.20. The van der Waals surface area contributed by atoms with E-state index in [1.807, 2.05) is 6.07 Å². The molecule has 1 atom stereocenters. The third-order valence-corrected chi connectivity index (χ3v) is 7.41. The molecule has 3 aromatic carbocycles. The highest BCUT2D eigenvalue weighted by atomic mass is 32.2. The first-order valence-electron chi connectivity index (χ1n) is 12.1. The van der Waals surface area contributed by atoms with Gasteiger partial charge in [-0.25, -0.2) is 4.39 Å². The van der Waals surface area contributed by atoms with Crippen LogP contribution in [0.2, 0.25) is 0 Å². The van der Waals surface area contributed by atoms with Gasteiger partial charge < -0.3 is 24.4 Å². The summed E-state index contributed by atoms with van der Waals surface area (Å²) in [6.45, 7) is -0.439. The van der Waals surface area contributed by atoms with Gasteiger partial charge in [0.15, 0.2) is 16.9 Å². The maximum atomic E-state index is 14.7. The SMILES string of the molecule is COc1cc2c(c(OC)c1OC)-c1ccc(SC)c(=O)cc1[C@@H](NC(=O)c1cc(CO[N+](=O)[O-])ccc1F)CC2. The van der Waals surface area contributed by atoms with Crippen LogP contribution in [0.4, 0.5) is 4.39 Å². The van der Waals surface area contributed by atoms with Crippen molar-refractivity contribution >= 4 is 17.7 Å². The molecule has 10 nitrogen and oxygen atoms in total. The zero-order valence-corrected chi connectivity index (χ0v) is 23.1. The van der Waals surface area contributed by atoms with Gasteiger partial charge in [0, 0.05) is 5.56 Å². The second-order valence-corrected chi connectivity index (χ2v) is 9.68. The highest BCUT2D eigenvalue weighted by Gasteiger charge is 2.30. The number of carbonyl (C=O) groups excluding carboxylic acids is 1. The predicted molar refractivity (Wildman–Crippen MR) is 146 cm³/mol. The second-order valence-electron chi connectivity index (χ2n) is 8.83. The summed E-state index contributed by atoms with van der Waals surface area (Å²) >= 11 is 1.29. The lowest BCUT2D eigenvalue weighted by Crippen LogP contribution is -2.30. The van der Waals surface area contributed by atoms with Crippen LogP contribution in [-0.2, 0) is 17.9 Å². The van der Waals surface area contributed by atoms with Crippen molar-refractivity contribution in [1.29, 1.82) is 0 Å². The second kappa shape index (κ2) is 12.2. The highest BCUT2D eigenvalue weighted by Crippen LogP contribution is 2.50. The Labute approximate surface area is 233 Å². The number of benzene rings is 2. The van der Waals surface area contributed by atoms with Crippen LogP contribution in [0.3, 0.4) is 0 Å². The first-order chi connectivity index (χ1) is 19.2. The molecule has 0 heterocycles. The Kier molecular flexibility index (Phi) is 8.78. The molecule has 4 rings (SSSR count). The van der Waals surface area contributed by atoms with Crippen molar-refractivity contribution in [3.8, 4) is 28.4 Å². The van der Waals surface area contributed by atoms with Crippen molar-refractivity contribution in [3.63, 3.8) is 0 Å². The van der Waals surface area contributed by atoms with Gasteiger partial charge in [0.25, 0.3) is 11.0 Å². The number of fused-ring (bicyclic) bond motifs is 3. The third kappa shape index (κ3) is 5.67. The molecule has 0 saturated carbocycles. The van der Waals surface area contributed by atoms with Gasteiger partial charge in [-0.05, 0) is 71.7 Å². The first-order valence-corrected chi connectivity index (χ1v) is 13.4. The van der Waals surface area contributed by atoms with Gasteiger partial charge in [0.1, 0.15) is 12.4 Å². The molecule has 1 amide bonds. The molecule has 210 valence electrons. The molecule has 0 radical (unpaired) electrons. The minimum atomic E-state index is -0.967. The lowest BCUT2D eigenvalue weighted by atomic mass is 9.95. The summed E-state index contributed by atoms with van der Waals surface area (Å²) in [6, 6.07) is 9.70. The Hall–Kier alpha value is -4.32. The number of methoxy groups -OCH3 is 3. The normalized spacial score (nSPS) is 13.8. The van der Waals surface area contributed by atoms with Crippen LogP contribution in [0, 0.1) is 15.9 Å². The van der Waals surface area contributed by atoms with Crippen LogP contribution < -0.4 is 25.0 Å². The molecule has 1 aliphatic carbocycles. The fourth-order valence-electron chi connectivity index (χ4n) is 4.82. The largest absolute Gasteiger partial charge is 0.493 e. The van der Waals surface area contributed by atoms with E-state index < -0.39 is 29.5 Å². The Morgan fingerprint density at radius 3 is 2.50 bits per heavy atom. The quantitative estimate of drug-likeness (QED) is 0.221. The molecule has 1 aliphatic rings. The Balaban J connectivity index is 1.85. The fraction of sp³-hybridized carbons (Fsp3) is 0.286. The highest BCUT2D eigenvalue weighted by molar-refractivity contribution is 7.98. The van der Waals surface area contributed by atoms with Crippen LogP contribution in [-0.4, -0.2) is 38.6 Å². The number of aryl methyl sites for hydroxylation is 1. The monoisotopic (exact) mass is 570 g/mol. The summed E-state index contributed by atoms with van der Waals surface area (Å²) in [5.41, 5.74) is 2.42. The number of halogens is 1. The minimum absolute atomic E-state index is 0.235. The van der Waals surface area contributed by atoms with Crippen molar-refractivity contribution < 1.29 is 33.3 Å². The molecule has 0 bridgehead atoms. The van der Waals surface area contributed by atoms with Crippen LogP contribution in [0.1, 0.15) is 39.5 Å². The number of thioether (sulfide) groups is 1. The number of nitrogens with one attached hydrogen (secondary N) is 1. The van der Waals surface area contributed by atoms with E-state index in [0.717, 1.165) is 11.6 Å². The molecule has 0 fully saturated rings. The van der Waals surface area contributed by atoms with Crippen LogP contribution in [0.15, 0.2) is 52.2 Å². The number of amides is 1. The molecule has 3 aromatic rings. The van der Waals surface area contributed by atoms with E-state index in [9.17, 15) is 24.1 Å². The van der Waals surface area contributed by atoms with Crippen molar-refractivity contribution in [2.45, 2.75) is 30.4 Å². The standard InChI is InChI=1S/C28H27FN2O8S/c1-36-23-12-16-6-9-21(30-28(33)19-11-15(5-8-20(19)29)14-39-31(34)35)18-13-22(32)24(40-4)10-7-17(18)25(16)27(38-3)26(23)37-2/h5,7-8,10-13,21H,6,9,14H2,1-4H3,(H,30,33)/t21-/m0/s1. The maximum absolute atomic E-state index is 14.7. The van der Waals surface area contributed by atoms with Gasteiger partial charge in [0.05, 0.1) is 37.8 Å². The first kappa shape index (κ1) is 28.7. The number of rotatable bonds is 9. The predicted octanol–water partition coefficient (Wildman–Crippen LogP) is 4.73. The summed E-state index contributed by atoms with van der Waals surface area (Å²) < 4.78 is 31.6. The summed E-state index contributed by atoms with van der Waals surface area (Å²) in [4.78, 5) is 41.9. The van der Waals surface area contributed by atoms with E-state index in [1.54, 1.807) is 18.4 Å². The molecule has 0 aromatic heterocycles. The summed E-state index contributed by atoms with van der Waals surface area (Å²) in [7, 11) is 4.53. The van der Waals surface area contributed by atoms with E-state index in [1.165, 1.54) is 51.3 Å². The maximum Gasteiger partial charge on any atom is 0.294 e. The van der Waals surface area contributed by atoms with Crippen molar-refractivity contribution in [2.24, 2.45) is 0 Å². The fourth-order valence-corrected chi connectivity index (χ4v) is 5.28. The molecule has 0 aliphatic heterocycles. The van der Waals surface area contributed by atoms with E-state index in [0.29, 0.717) is 51.7 Å². The van der Waals surface area contributed by atoms with Crippen LogP contribution >= 0.6 is 11.8 Å². The van der Waals surface area contributed by atoms with Gasteiger partial charge >= 0.3 is 0 Å². The Bertz CT molecular complexity index is 1530. The Morgan fingerprint density at radius 2 is 1.85 bits per heavy atom. The van der Waals surface area contributed by atoms with Crippen molar-refractivity contribution in [3.05, 3.63) is 90.9 Å². The zero-order chi connectivity index (χ0) is 29.0. The van der Waals surface area contributed by atoms with E-state index in [-0.39, 0.29) is 16.6 Å². The van der Waals surface area contributed by atoms with Crippen molar-refractivity contribution in [1.82, 2.24) is 5.32 Å². The van der Waals surface area contributed by atoms with Gasteiger partial charge in [-0.3, -0.25) is 9.59 Å². The van der Waals surface area contributed by atoms with E-state index in [4.69, 9.17) is 14.2 Å². The average Bonchev–Trinajstić information content (AvgIpc) is 3.19. The van der Waals surface area contributed by atoms with Gasteiger partial charge in [-0.2, -0.15) is 0 Å². The van der Waals surface area contributed by atoms with Crippen molar-refractivity contribution in [2.75, 3.05) is 27.6 Å². The van der Waals surface area contributed by atoms with Gasteiger partial charge in [-0.1, -0.05) is 12.1 Å². The minimum Gasteiger partial charge on any atom is -0.493 e. The lowest BCUT2D eigenvalue weighted by molar-refractivity contribution is -0.763. The summed E-state index contributed by atoms with van der Waals surface area (Å²) in [5, 5.41) is 12.5. The zero-order valence-electron chi connectivity index (χ0n) is 22.2. The molecular formula is C28H27FN2O8S. The smallest absolute Gasteiger partial charge is 0.294 e. The number of nitrogens with zero attached hydrogens (tertiary/aromatic N) is 1. The molecule has 40 heavy (non-hydrogen) atoms. The molecule has 1 N–H and O–H groups in total. The van der Waals surface area contributed by atoms with Crippen LogP contribution in [0.25, 0.3) is 11.1 Å². The molecular weight excluding hydrogens is 543 g/mol. The van der Waals surface area contributed by atoms with Crippen LogP contribution in [0.5, 0.6) is 17.2 Å². The number of ether oxygens (including phenoxy) is 3. The molecule has 0 saturated heterocycles. The average molecular weight is 571 g/mol. The number of carbonyl (C=O) groups is 1. The number of hydrogen-bond acceptors (Lipinski definition) is 9. The summed E-state index contributed by atoms with van der Waals surface area (Å²) in [6.07, 6.45) is 2.62. The third-order valence-electron chi connectivity index (χ3n) is 6.64. The Morgan fingerprint density at radius 1 is 1.10 bits per heavy atom. The van der Waals surface area contributed by atoms with E-state index >= 15 is 0 Å². The number of hydrogen-bond donors (Lipinski definition) is 1.